The van der Waals surface area contributed by atoms with Crippen molar-refractivity contribution < 1.29 is 56.7 Å². The van der Waals surface area contributed by atoms with Gasteiger partial charge in [-0.1, -0.05) is 12.8 Å². The normalized spacial score (nSPS) is 22.0. The van der Waals surface area contributed by atoms with Crippen LogP contribution < -0.4 is 5.32 Å². The first kappa shape index (κ1) is 23.6. The zero-order valence-electron chi connectivity index (χ0n) is 12.8. The summed E-state index contributed by atoms with van der Waals surface area (Å²) in [6.45, 7) is -0.433. The molecule has 1 rings (SSSR count). The van der Waals surface area contributed by atoms with Gasteiger partial charge < -0.3 is 38.4 Å². The molecule has 0 bridgehead atoms. The monoisotopic (exact) mass is 447 g/mol. The van der Waals surface area contributed by atoms with Gasteiger partial charge in [0.15, 0.2) is 0 Å². The maximum Gasteiger partial charge on any atom is 0.359 e. The minimum Gasteiger partial charge on any atom is -0.323 e. The second kappa shape index (κ2) is 8.71. The Balaban J connectivity index is 3.27. The minimum absolute atomic E-state index is 0.216. The molecule has 1 atom stereocenters. The van der Waals surface area contributed by atoms with Crippen molar-refractivity contribution in [1.82, 2.24) is 5.32 Å². The molecule has 0 radical (unpaired) electrons. The van der Waals surface area contributed by atoms with Crippen LogP contribution in [-0.4, -0.2) is 53.6 Å². The predicted molar refractivity (Wildman–Crippen MR) is 84.8 cm³/mol. The lowest BCUT2D eigenvalue weighted by Crippen LogP contribution is -2.39. The lowest BCUT2D eigenvalue weighted by atomic mass is 10.2. The summed E-state index contributed by atoms with van der Waals surface area (Å²) in [4.78, 5) is 55.2. The molecule has 13 nitrogen and oxygen atoms in total. The van der Waals surface area contributed by atoms with Crippen molar-refractivity contribution >= 4 is 30.4 Å². The predicted octanol–water partition coefficient (Wildman–Crippen LogP) is 0.477. The summed E-state index contributed by atoms with van der Waals surface area (Å²) >= 11 is 0. The largest absolute Gasteiger partial charge is 0.359 e. The van der Waals surface area contributed by atoms with Gasteiger partial charge in [0.2, 0.25) is 11.0 Å². The molecule has 1 heterocycles. The van der Waals surface area contributed by atoms with Crippen molar-refractivity contribution in [3.63, 3.8) is 0 Å². The Morgan fingerprint density at radius 1 is 0.760 bits per heavy atom. The number of hydrogen-bond acceptors (Lipinski definition) is 7. The molecule has 1 fully saturated rings. The Kier molecular flexibility index (Phi) is 8.22. The first-order valence-corrected chi connectivity index (χ1v) is 13.6. The van der Waals surface area contributed by atoms with E-state index in [4.69, 9.17) is 28.6 Å². The molecule has 0 amide bonds. The standard InChI is InChI=1S/C8H21NO12P4/c10-22(11,12)7(23(13,14)15)9-8(24(16,17)18)25(19)20-5-3-1-2-4-6-21-25/h7-9H,1-6H2,(H2,10,11,12)(H2,13,14,15)(H2,16,17,18). The summed E-state index contributed by atoms with van der Waals surface area (Å²) < 4.78 is 57.0. The van der Waals surface area contributed by atoms with Gasteiger partial charge in [0.05, 0.1) is 13.2 Å². The van der Waals surface area contributed by atoms with Crippen LogP contribution in [0, 0.1) is 0 Å². The van der Waals surface area contributed by atoms with Gasteiger partial charge in [-0.05, 0) is 12.8 Å². The lowest BCUT2D eigenvalue weighted by molar-refractivity contribution is 0.200. The third-order valence-corrected chi connectivity index (χ3v) is 10.9. The molecule has 150 valence electrons. The summed E-state index contributed by atoms with van der Waals surface area (Å²) in [6, 6.07) is 0. The highest BCUT2D eigenvalue weighted by Crippen LogP contribution is 2.68. The molecular formula is C8H21NO12P4. The second-order valence-electron chi connectivity index (χ2n) is 5.30. The van der Waals surface area contributed by atoms with Gasteiger partial charge in [-0.3, -0.25) is 23.6 Å². The second-order valence-corrected chi connectivity index (χ2v) is 13.3. The van der Waals surface area contributed by atoms with Gasteiger partial charge in [-0.2, -0.15) is 0 Å². The summed E-state index contributed by atoms with van der Waals surface area (Å²) in [5.74, 6) is 0. The van der Waals surface area contributed by atoms with Crippen molar-refractivity contribution in [3.8, 4) is 0 Å². The van der Waals surface area contributed by atoms with Crippen molar-refractivity contribution in [2.24, 2.45) is 0 Å². The summed E-state index contributed by atoms with van der Waals surface area (Å²) in [5, 5.41) is 1.45. The van der Waals surface area contributed by atoms with Gasteiger partial charge in [0.25, 0.3) is 0 Å². The van der Waals surface area contributed by atoms with E-state index in [-0.39, 0.29) is 13.2 Å². The first-order chi connectivity index (χ1) is 11.2. The molecule has 1 unspecified atom stereocenters. The fraction of sp³-hybridized carbons (Fsp3) is 1.00. The van der Waals surface area contributed by atoms with Crippen molar-refractivity contribution in [2.75, 3.05) is 13.2 Å². The third kappa shape index (κ3) is 7.24. The van der Waals surface area contributed by atoms with E-state index in [2.05, 4.69) is 0 Å². The van der Waals surface area contributed by atoms with E-state index in [0.29, 0.717) is 25.7 Å². The van der Waals surface area contributed by atoms with Crippen molar-refractivity contribution in [3.05, 3.63) is 0 Å². The zero-order valence-corrected chi connectivity index (χ0v) is 16.4. The van der Waals surface area contributed by atoms with Gasteiger partial charge >= 0.3 is 30.4 Å². The molecule has 0 aromatic heterocycles. The van der Waals surface area contributed by atoms with E-state index in [1.807, 2.05) is 0 Å². The Labute approximate surface area is 143 Å². The third-order valence-electron chi connectivity index (χ3n) is 3.13. The van der Waals surface area contributed by atoms with E-state index >= 15 is 0 Å². The summed E-state index contributed by atoms with van der Waals surface area (Å²) in [7, 11) is -21.3. The molecular weight excluding hydrogens is 426 g/mol. The van der Waals surface area contributed by atoms with Crippen LogP contribution in [0.5, 0.6) is 0 Å². The average molecular weight is 447 g/mol. The summed E-state index contributed by atoms with van der Waals surface area (Å²) in [5.41, 5.74) is -5.63. The van der Waals surface area contributed by atoms with Gasteiger partial charge in [-0.15, -0.1) is 0 Å². The molecule has 25 heavy (non-hydrogen) atoms. The van der Waals surface area contributed by atoms with Gasteiger partial charge in [0, 0.05) is 0 Å². The fourth-order valence-corrected chi connectivity index (χ4v) is 8.41. The quantitative estimate of drug-likeness (QED) is 0.276. The highest BCUT2D eigenvalue weighted by atomic mass is 31.2. The molecule has 1 aliphatic rings. The zero-order chi connectivity index (χ0) is 19.5. The number of hydrogen-bond donors (Lipinski definition) is 7. The highest BCUT2D eigenvalue weighted by molar-refractivity contribution is 7.73. The van der Waals surface area contributed by atoms with Crippen LogP contribution in [0.25, 0.3) is 0 Å². The Morgan fingerprint density at radius 2 is 1.16 bits per heavy atom. The maximum atomic E-state index is 12.8. The number of rotatable bonds is 6. The molecule has 0 aromatic carbocycles. The van der Waals surface area contributed by atoms with E-state index in [1.165, 1.54) is 5.32 Å². The fourth-order valence-electron chi connectivity index (χ4n) is 2.02. The van der Waals surface area contributed by atoms with Crippen LogP contribution >= 0.6 is 30.4 Å². The molecule has 0 aromatic rings. The highest BCUT2D eigenvalue weighted by Gasteiger charge is 2.54. The van der Waals surface area contributed by atoms with Crippen molar-refractivity contribution in [1.29, 1.82) is 0 Å². The van der Waals surface area contributed by atoms with Crippen LogP contribution in [0.3, 0.4) is 0 Å². The van der Waals surface area contributed by atoms with E-state index in [9.17, 15) is 28.0 Å². The number of nitrogens with one attached hydrogen (secondary N) is 1. The SMILES string of the molecule is O=P(O)(O)C(NC(P(=O)(O)O)P1(=O)OCCCCCCO1)P(=O)(O)O. The van der Waals surface area contributed by atoms with Crippen LogP contribution in [0.15, 0.2) is 0 Å². The Bertz CT molecular complexity index is 599. The average Bonchev–Trinajstić information content (AvgIpc) is 2.47. The minimum atomic E-state index is -5.58. The van der Waals surface area contributed by atoms with E-state index in [1.54, 1.807) is 0 Å². The maximum absolute atomic E-state index is 12.8. The molecule has 17 heteroatoms. The lowest BCUT2D eigenvalue weighted by Gasteiger charge is -2.31. The Morgan fingerprint density at radius 3 is 1.48 bits per heavy atom. The van der Waals surface area contributed by atoms with Gasteiger partial charge in [-0.25, -0.2) is 0 Å². The summed E-state index contributed by atoms with van der Waals surface area (Å²) in [6.07, 6.45) is 2.12. The van der Waals surface area contributed by atoms with Crippen molar-refractivity contribution in [2.45, 2.75) is 36.7 Å². The molecule has 1 aliphatic heterocycles. The van der Waals surface area contributed by atoms with Crippen LogP contribution in [0.2, 0.25) is 0 Å². The van der Waals surface area contributed by atoms with E-state index < -0.39 is 41.4 Å². The van der Waals surface area contributed by atoms with Crippen LogP contribution in [-0.2, 0) is 27.3 Å². The van der Waals surface area contributed by atoms with Crippen LogP contribution in [0.4, 0.5) is 0 Å². The molecule has 1 saturated heterocycles. The molecule has 0 saturated carbocycles. The topological polar surface area (TPSA) is 220 Å². The smallest absolute Gasteiger partial charge is 0.323 e. The van der Waals surface area contributed by atoms with Gasteiger partial charge in [0.1, 0.15) is 0 Å². The molecule has 0 spiro atoms. The Hall–Kier alpha value is 0.560. The van der Waals surface area contributed by atoms with Crippen LogP contribution in [0.1, 0.15) is 25.7 Å². The van der Waals surface area contributed by atoms with E-state index in [0.717, 1.165) is 0 Å². The first-order valence-electron chi connectivity index (χ1n) is 6.98. The molecule has 7 N–H and O–H groups in total. The molecule has 0 aliphatic carbocycles.